The monoisotopic (exact) mass is 357 g/mol. The quantitative estimate of drug-likeness (QED) is 0.797. The molecule has 2 nitrogen and oxygen atoms in total. The Bertz CT molecular complexity index is 602. The Morgan fingerprint density at radius 2 is 1.73 bits per heavy atom. The number of hydrogen-bond acceptors (Lipinski definition) is 3. The van der Waals surface area contributed by atoms with Crippen LogP contribution in [0, 0.1) is 5.41 Å². The molecule has 0 bridgehead atoms. The van der Waals surface area contributed by atoms with E-state index in [0.29, 0.717) is 0 Å². The van der Waals surface area contributed by atoms with Crippen molar-refractivity contribution in [2.75, 3.05) is 6.61 Å². The van der Waals surface area contributed by atoms with Gasteiger partial charge in [-0.25, -0.2) is 0 Å². The Balaban J connectivity index is 0.00000242. The van der Waals surface area contributed by atoms with Crippen LogP contribution in [-0.4, -0.2) is 11.7 Å². The van der Waals surface area contributed by atoms with Crippen molar-refractivity contribution in [1.82, 2.24) is 0 Å². The molecule has 5 heteroatoms. The summed E-state index contributed by atoms with van der Waals surface area (Å²) >= 11 is 7.58. The summed E-state index contributed by atoms with van der Waals surface area (Å²) in [4.78, 5) is 2.22. The van der Waals surface area contributed by atoms with E-state index in [1.165, 1.54) is 0 Å². The highest BCUT2D eigenvalue weighted by Crippen LogP contribution is 2.38. The first-order chi connectivity index (χ1) is 9.94. The summed E-state index contributed by atoms with van der Waals surface area (Å²) in [5, 5.41) is 10.3. The molecule has 0 spiro atoms. The lowest BCUT2D eigenvalue weighted by Gasteiger charge is -2.31. The van der Waals surface area contributed by atoms with E-state index in [1.807, 2.05) is 56.3 Å². The lowest BCUT2D eigenvalue weighted by Crippen LogP contribution is -2.32. The van der Waals surface area contributed by atoms with Crippen molar-refractivity contribution >= 4 is 35.8 Å². The SMILES string of the molecule is CC(C)(CO)[C@@H](N)c1ccccc1Sc1ccc(Cl)cc1.Cl. The van der Waals surface area contributed by atoms with E-state index in [4.69, 9.17) is 17.3 Å². The summed E-state index contributed by atoms with van der Waals surface area (Å²) in [5.74, 6) is 0. The van der Waals surface area contributed by atoms with Gasteiger partial charge in [0.25, 0.3) is 0 Å². The Morgan fingerprint density at radius 1 is 1.14 bits per heavy atom. The van der Waals surface area contributed by atoms with Crippen LogP contribution in [0.1, 0.15) is 25.5 Å². The predicted molar refractivity (Wildman–Crippen MR) is 97.1 cm³/mol. The Hall–Kier alpha value is -0.710. The minimum atomic E-state index is -0.364. The first-order valence-electron chi connectivity index (χ1n) is 6.83. The average molecular weight is 358 g/mol. The molecule has 0 aliphatic rings. The smallest absolute Gasteiger partial charge is 0.0500 e. The third-order valence-electron chi connectivity index (χ3n) is 3.54. The van der Waals surface area contributed by atoms with Gasteiger partial charge in [-0.2, -0.15) is 0 Å². The van der Waals surface area contributed by atoms with Crippen molar-refractivity contribution in [2.45, 2.75) is 29.7 Å². The lowest BCUT2D eigenvalue weighted by molar-refractivity contribution is 0.131. The summed E-state index contributed by atoms with van der Waals surface area (Å²) < 4.78 is 0. The van der Waals surface area contributed by atoms with Crippen molar-refractivity contribution < 1.29 is 5.11 Å². The van der Waals surface area contributed by atoms with Gasteiger partial charge in [-0.05, 0) is 35.9 Å². The molecule has 0 aliphatic carbocycles. The van der Waals surface area contributed by atoms with Gasteiger partial charge >= 0.3 is 0 Å². The standard InChI is InChI=1S/C17H20ClNOS.ClH/c1-17(2,11-20)16(19)14-5-3-4-6-15(14)21-13-9-7-12(18)8-10-13;/h3-10,16,20H,11,19H2,1-2H3;1H/t16-;/m0./s1. The molecule has 0 aliphatic heterocycles. The maximum absolute atomic E-state index is 9.54. The van der Waals surface area contributed by atoms with Gasteiger partial charge < -0.3 is 10.8 Å². The second-order valence-electron chi connectivity index (χ2n) is 5.72. The fourth-order valence-electron chi connectivity index (χ4n) is 1.98. The summed E-state index contributed by atoms with van der Waals surface area (Å²) in [6.45, 7) is 4.00. The van der Waals surface area contributed by atoms with Crippen LogP contribution in [0.4, 0.5) is 0 Å². The molecule has 0 radical (unpaired) electrons. The molecule has 0 saturated carbocycles. The van der Waals surface area contributed by atoms with E-state index in [9.17, 15) is 5.11 Å². The summed E-state index contributed by atoms with van der Waals surface area (Å²) in [6.07, 6.45) is 0. The molecule has 3 N–H and O–H groups in total. The normalized spacial score (nSPS) is 12.6. The van der Waals surface area contributed by atoms with Gasteiger partial charge in [0, 0.05) is 32.9 Å². The van der Waals surface area contributed by atoms with Crippen LogP contribution < -0.4 is 5.73 Å². The molecule has 120 valence electrons. The van der Waals surface area contributed by atoms with Gasteiger partial charge in [-0.3, -0.25) is 0 Å². The molecular weight excluding hydrogens is 337 g/mol. The second-order valence-corrected chi connectivity index (χ2v) is 7.27. The van der Waals surface area contributed by atoms with Gasteiger partial charge in [0.1, 0.15) is 0 Å². The zero-order valence-electron chi connectivity index (χ0n) is 12.6. The highest BCUT2D eigenvalue weighted by atomic mass is 35.5. The van der Waals surface area contributed by atoms with Crippen molar-refractivity contribution in [2.24, 2.45) is 11.1 Å². The van der Waals surface area contributed by atoms with Crippen LogP contribution in [0.5, 0.6) is 0 Å². The van der Waals surface area contributed by atoms with Crippen molar-refractivity contribution in [1.29, 1.82) is 0 Å². The van der Waals surface area contributed by atoms with E-state index in [-0.39, 0.29) is 30.5 Å². The van der Waals surface area contributed by atoms with Gasteiger partial charge in [-0.15, -0.1) is 12.4 Å². The van der Waals surface area contributed by atoms with Crippen LogP contribution in [0.3, 0.4) is 0 Å². The molecule has 0 amide bonds. The summed E-state index contributed by atoms with van der Waals surface area (Å²) in [6, 6.07) is 15.6. The predicted octanol–water partition coefficient (Wildman–Crippen LogP) is 4.93. The molecule has 2 aromatic rings. The van der Waals surface area contributed by atoms with Crippen LogP contribution in [0.2, 0.25) is 5.02 Å². The first-order valence-corrected chi connectivity index (χ1v) is 8.02. The number of benzene rings is 2. The average Bonchev–Trinajstić information content (AvgIpc) is 2.49. The van der Waals surface area contributed by atoms with Gasteiger partial charge in [0.2, 0.25) is 0 Å². The third-order valence-corrected chi connectivity index (χ3v) is 4.90. The third kappa shape index (κ3) is 4.64. The molecule has 0 unspecified atom stereocenters. The molecule has 2 rings (SSSR count). The van der Waals surface area contributed by atoms with E-state index < -0.39 is 0 Å². The molecule has 0 aromatic heterocycles. The first kappa shape index (κ1) is 19.3. The van der Waals surface area contributed by atoms with E-state index in [1.54, 1.807) is 11.8 Å². The summed E-state index contributed by atoms with van der Waals surface area (Å²) in [5.41, 5.74) is 7.06. The molecule has 1 atom stereocenters. The van der Waals surface area contributed by atoms with Gasteiger partial charge in [-0.1, -0.05) is 55.4 Å². The zero-order valence-corrected chi connectivity index (χ0v) is 15.0. The Labute approximate surface area is 147 Å². The van der Waals surface area contributed by atoms with Gasteiger partial charge in [0.05, 0.1) is 0 Å². The molecule has 2 aromatic carbocycles. The van der Waals surface area contributed by atoms with E-state index >= 15 is 0 Å². The summed E-state index contributed by atoms with van der Waals surface area (Å²) in [7, 11) is 0. The maximum Gasteiger partial charge on any atom is 0.0500 e. The van der Waals surface area contributed by atoms with E-state index in [0.717, 1.165) is 20.4 Å². The van der Waals surface area contributed by atoms with E-state index in [2.05, 4.69) is 6.07 Å². The van der Waals surface area contributed by atoms with Crippen LogP contribution in [0.15, 0.2) is 58.3 Å². The highest BCUT2D eigenvalue weighted by molar-refractivity contribution is 7.99. The fourth-order valence-corrected chi connectivity index (χ4v) is 3.09. The van der Waals surface area contributed by atoms with Crippen molar-refractivity contribution in [3.05, 3.63) is 59.1 Å². The minimum Gasteiger partial charge on any atom is -0.396 e. The fraction of sp³-hybridized carbons (Fsp3) is 0.294. The Morgan fingerprint density at radius 3 is 2.32 bits per heavy atom. The van der Waals surface area contributed by atoms with Crippen molar-refractivity contribution in [3.8, 4) is 0 Å². The number of nitrogens with two attached hydrogens (primary N) is 1. The molecule has 22 heavy (non-hydrogen) atoms. The van der Waals surface area contributed by atoms with Crippen LogP contribution in [0.25, 0.3) is 0 Å². The molecule has 0 saturated heterocycles. The van der Waals surface area contributed by atoms with Gasteiger partial charge in [0.15, 0.2) is 0 Å². The topological polar surface area (TPSA) is 46.2 Å². The second kappa shape index (κ2) is 8.23. The molecular formula is C17H21Cl2NOS. The maximum atomic E-state index is 9.54. The molecule has 0 fully saturated rings. The van der Waals surface area contributed by atoms with Crippen LogP contribution in [-0.2, 0) is 0 Å². The number of aliphatic hydroxyl groups excluding tert-OH is 1. The number of rotatable bonds is 5. The molecule has 0 heterocycles. The zero-order chi connectivity index (χ0) is 15.5. The largest absolute Gasteiger partial charge is 0.396 e. The number of halogens is 2. The number of hydrogen-bond donors (Lipinski definition) is 2. The minimum absolute atomic E-state index is 0. The van der Waals surface area contributed by atoms with Crippen LogP contribution >= 0.6 is 35.8 Å². The highest BCUT2D eigenvalue weighted by Gasteiger charge is 2.28. The number of aliphatic hydroxyl groups is 1. The Kier molecular flexibility index (Phi) is 7.23. The lowest BCUT2D eigenvalue weighted by atomic mass is 9.82. The van der Waals surface area contributed by atoms with Crippen molar-refractivity contribution in [3.63, 3.8) is 0 Å².